The van der Waals surface area contributed by atoms with Crippen molar-refractivity contribution >= 4 is 35.8 Å². The van der Waals surface area contributed by atoms with Crippen molar-refractivity contribution in [1.82, 2.24) is 4.98 Å². The standard InChI is InChI=1S/C25H22N4O4S/c1-15-3-10-22(27-19(15)13-26)28-23(31)25(12-11-21(25)30)29(24(28)34)17-6-4-16(5-7-17)20-9-8-18(33-20)14-32-2/h3-10,24,34H,11-12,14H2,1-2H3. The first-order valence-corrected chi connectivity index (χ1v) is 11.3. The molecule has 9 heteroatoms. The molecule has 2 unspecified atom stereocenters. The molecule has 0 bridgehead atoms. The van der Waals surface area contributed by atoms with Crippen molar-refractivity contribution in [2.75, 3.05) is 16.9 Å². The summed E-state index contributed by atoms with van der Waals surface area (Å²) in [6.07, 6.45) is 0.726. The monoisotopic (exact) mass is 474 g/mol. The van der Waals surface area contributed by atoms with Crippen LogP contribution in [0.25, 0.3) is 11.3 Å². The van der Waals surface area contributed by atoms with Gasteiger partial charge in [0.25, 0.3) is 5.91 Å². The number of methoxy groups -OCH3 is 1. The number of benzene rings is 1. The van der Waals surface area contributed by atoms with Gasteiger partial charge in [0.1, 0.15) is 35.7 Å². The minimum atomic E-state index is -1.32. The fourth-order valence-corrected chi connectivity index (χ4v) is 5.10. The number of aryl methyl sites for hydroxylation is 1. The summed E-state index contributed by atoms with van der Waals surface area (Å²) in [5.41, 5.74) is 0.405. The van der Waals surface area contributed by atoms with Crippen LogP contribution in [0.15, 0.2) is 52.9 Å². The van der Waals surface area contributed by atoms with Crippen LogP contribution in [-0.4, -0.2) is 34.8 Å². The number of thiol groups is 1. The molecular formula is C25H22N4O4S. The Morgan fingerprint density at radius 3 is 2.59 bits per heavy atom. The molecule has 3 aromatic rings. The highest BCUT2D eigenvalue weighted by molar-refractivity contribution is 7.81. The van der Waals surface area contributed by atoms with E-state index in [1.54, 1.807) is 31.1 Å². The summed E-state index contributed by atoms with van der Waals surface area (Å²) >= 11 is 4.74. The maximum absolute atomic E-state index is 13.6. The molecule has 0 radical (unpaired) electrons. The molecule has 2 fully saturated rings. The molecule has 34 heavy (non-hydrogen) atoms. The smallest absolute Gasteiger partial charge is 0.264 e. The zero-order chi connectivity index (χ0) is 24.0. The average Bonchev–Trinajstić information content (AvgIpc) is 3.40. The third-order valence-corrected chi connectivity index (χ3v) is 6.90. The van der Waals surface area contributed by atoms with E-state index < -0.39 is 11.0 Å². The first-order chi connectivity index (χ1) is 16.4. The van der Waals surface area contributed by atoms with Gasteiger partial charge in [-0.2, -0.15) is 5.26 Å². The number of amides is 1. The number of nitrogens with zero attached hydrogens (tertiary/aromatic N) is 4. The van der Waals surface area contributed by atoms with Gasteiger partial charge in [-0.3, -0.25) is 14.5 Å². The topological polar surface area (TPSA) is 99.7 Å². The number of carbonyl (C=O) groups excluding carboxylic acids is 2. The molecule has 1 aromatic carbocycles. The zero-order valence-corrected chi connectivity index (χ0v) is 19.6. The molecule has 2 aliphatic rings. The quantitative estimate of drug-likeness (QED) is 0.443. The second-order valence-corrected chi connectivity index (χ2v) is 8.83. The van der Waals surface area contributed by atoms with Crippen molar-refractivity contribution in [3.63, 3.8) is 0 Å². The van der Waals surface area contributed by atoms with Gasteiger partial charge in [-0.05, 0) is 61.4 Å². The zero-order valence-electron chi connectivity index (χ0n) is 18.7. The third kappa shape index (κ3) is 3.22. The Morgan fingerprint density at radius 2 is 1.97 bits per heavy atom. The van der Waals surface area contributed by atoms with Crippen LogP contribution < -0.4 is 9.80 Å². The summed E-state index contributed by atoms with van der Waals surface area (Å²) in [6.45, 7) is 2.16. The van der Waals surface area contributed by atoms with Gasteiger partial charge < -0.3 is 14.1 Å². The van der Waals surface area contributed by atoms with E-state index in [9.17, 15) is 14.9 Å². The van der Waals surface area contributed by atoms with Gasteiger partial charge >= 0.3 is 0 Å². The number of anilines is 2. The lowest BCUT2D eigenvalue weighted by Gasteiger charge is -2.42. The van der Waals surface area contributed by atoms with Crippen LogP contribution in [0.4, 0.5) is 11.5 Å². The summed E-state index contributed by atoms with van der Waals surface area (Å²) in [5, 5.41) is 9.39. The van der Waals surface area contributed by atoms with Crippen LogP contribution >= 0.6 is 12.6 Å². The Bertz CT molecular complexity index is 1330. The second kappa shape index (κ2) is 8.31. The lowest BCUT2D eigenvalue weighted by atomic mass is 9.73. The Labute approximate surface area is 202 Å². The van der Waals surface area contributed by atoms with Crippen molar-refractivity contribution in [3.05, 3.63) is 65.5 Å². The Balaban J connectivity index is 1.52. The van der Waals surface area contributed by atoms with Gasteiger partial charge in [-0.25, -0.2) is 4.98 Å². The van der Waals surface area contributed by atoms with E-state index in [0.29, 0.717) is 42.3 Å². The van der Waals surface area contributed by atoms with E-state index in [0.717, 1.165) is 11.3 Å². The van der Waals surface area contributed by atoms with Crippen LogP contribution in [0.3, 0.4) is 0 Å². The van der Waals surface area contributed by atoms with Gasteiger partial charge in [0, 0.05) is 24.8 Å². The van der Waals surface area contributed by atoms with Crippen LogP contribution in [0, 0.1) is 18.3 Å². The number of hydrogen-bond donors (Lipinski definition) is 1. The maximum atomic E-state index is 13.6. The van der Waals surface area contributed by atoms with Gasteiger partial charge in [0.15, 0.2) is 16.8 Å². The predicted octanol–water partition coefficient (Wildman–Crippen LogP) is 3.84. The molecule has 0 N–H and O–H groups in total. The van der Waals surface area contributed by atoms with Gasteiger partial charge in [0.05, 0.1) is 0 Å². The highest BCUT2D eigenvalue weighted by atomic mass is 32.1. The summed E-state index contributed by atoms with van der Waals surface area (Å²) in [5.74, 6) is 1.20. The van der Waals surface area contributed by atoms with Gasteiger partial charge in [-0.15, -0.1) is 12.6 Å². The molecule has 1 spiro atoms. The van der Waals surface area contributed by atoms with Crippen molar-refractivity contribution in [3.8, 4) is 17.4 Å². The molecule has 1 saturated carbocycles. The molecule has 2 aromatic heterocycles. The summed E-state index contributed by atoms with van der Waals surface area (Å²) in [7, 11) is 1.61. The van der Waals surface area contributed by atoms with Crippen LogP contribution in [0.5, 0.6) is 0 Å². The molecule has 5 rings (SSSR count). The highest BCUT2D eigenvalue weighted by Crippen LogP contribution is 2.48. The summed E-state index contributed by atoms with van der Waals surface area (Å²) < 4.78 is 10.9. The molecule has 8 nitrogen and oxygen atoms in total. The number of pyridine rings is 1. The number of rotatable bonds is 5. The molecular weight excluding hydrogens is 452 g/mol. The molecule has 1 saturated heterocycles. The molecule has 1 amide bonds. The summed E-state index contributed by atoms with van der Waals surface area (Å²) in [4.78, 5) is 34.0. The lowest BCUT2D eigenvalue weighted by Crippen LogP contribution is -2.63. The van der Waals surface area contributed by atoms with Crippen LogP contribution in [0.2, 0.25) is 0 Å². The minimum absolute atomic E-state index is 0.147. The van der Waals surface area contributed by atoms with Gasteiger partial charge in [-0.1, -0.05) is 6.07 Å². The normalized spacial score (nSPS) is 21.8. The summed E-state index contributed by atoms with van der Waals surface area (Å²) in [6, 6.07) is 16.7. The van der Waals surface area contributed by atoms with Crippen LogP contribution in [0.1, 0.15) is 29.9 Å². The average molecular weight is 475 g/mol. The van der Waals surface area contributed by atoms with E-state index >= 15 is 0 Å². The number of Topliss-reactive ketones (excluding diaryl/α,β-unsaturated/α-hetero) is 1. The van der Waals surface area contributed by atoms with Gasteiger partial charge in [0.2, 0.25) is 0 Å². The van der Waals surface area contributed by atoms with Crippen molar-refractivity contribution in [2.24, 2.45) is 0 Å². The van der Waals surface area contributed by atoms with E-state index in [1.165, 1.54) is 4.90 Å². The maximum Gasteiger partial charge on any atom is 0.264 e. The van der Waals surface area contributed by atoms with E-state index in [1.807, 2.05) is 42.5 Å². The number of aromatic nitrogens is 1. The number of hydrogen-bond acceptors (Lipinski definition) is 8. The predicted molar refractivity (Wildman–Crippen MR) is 128 cm³/mol. The van der Waals surface area contributed by atoms with Crippen LogP contribution in [-0.2, 0) is 20.9 Å². The second-order valence-electron chi connectivity index (χ2n) is 8.37. The Kier molecular flexibility index (Phi) is 5.42. The van der Waals surface area contributed by atoms with Crippen molar-refractivity contribution in [2.45, 2.75) is 37.4 Å². The Hall–Kier alpha value is -3.61. The largest absolute Gasteiger partial charge is 0.459 e. The van der Waals surface area contributed by atoms with E-state index in [-0.39, 0.29) is 17.4 Å². The third-order valence-electron chi connectivity index (χ3n) is 6.43. The van der Waals surface area contributed by atoms with Crippen molar-refractivity contribution < 1.29 is 18.7 Å². The fraction of sp³-hybridized carbons (Fsp3) is 0.280. The van der Waals surface area contributed by atoms with E-state index in [4.69, 9.17) is 21.8 Å². The molecule has 1 aliphatic carbocycles. The first kappa shape index (κ1) is 22.2. The lowest BCUT2D eigenvalue weighted by molar-refractivity contribution is -0.138. The fourth-order valence-electron chi connectivity index (χ4n) is 4.55. The SMILES string of the molecule is COCc1ccc(-c2ccc(N3C(S)N(c4ccc(C)c(C#N)n4)C(=O)C34CCC4=O)cc2)o1. The van der Waals surface area contributed by atoms with Crippen molar-refractivity contribution in [1.29, 1.82) is 5.26 Å². The molecule has 3 heterocycles. The number of ketones is 1. The molecule has 1 aliphatic heterocycles. The number of ether oxygens (including phenoxy) is 1. The highest BCUT2D eigenvalue weighted by Gasteiger charge is 2.66. The minimum Gasteiger partial charge on any atom is -0.459 e. The Morgan fingerprint density at radius 1 is 1.21 bits per heavy atom. The van der Waals surface area contributed by atoms with E-state index in [2.05, 4.69) is 4.98 Å². The molecule has 2 atom stereocenters. The number of nitriles is 1. The molecule has 172 valence electrons. The number of carbonyl (C=O) groups is 2. The first-order valence-electron chi connectivity index (χ1n) is 10.8. The number of furan rings is 1.